The normalized spacial score (nSPS) is 10.7. The molecule has 2 aromatic rings. The van der Waals surface area contributed by atoms with E-state index >= 15 is 0 Å². The van der Waals surface area contributed by atoms with Crippen molar-refractivity contribution in [2.75, 3.05) is 12.4 Å². The standard InChI is InChI=1S/C15H17BrFN3/c1-4-5-12-13(16)15(18-3)20-14(19-12)10-6-9(2)7-11(17)8-10/h6-8H,4-5H2,1-3H3,(H,18,19,20). The Morgan fingerprint density at radius 3 is 2.60 bits per heavy atom. The van der Waals surface area contributed by atoms with Gasteiger partial charge in [0, 0.05) is 12.6 Å². The molecule has 1 N–H and O–H groups in total. The molecule has 0 spiro atoms. The fourth-order valence-corrected chi connectivity index (χ4v) is 2.63. The number of nitrogens with one attached hydrogen (secondary N) is 1. The van der Waals surface area contributed by atoms with E-state index in [1.807, 2.05) is 20.0 Å². The van der Waals surface area contributed by atoms with Gasteiger partial charge < -0.3 is 5.32 Å². The van der Waals surface area contributed by atoms with Crippen molar-refractivity contribution in [3.8, 4) is 11.4 Å². The molecule has 0 unspecified atom stereocenters. The Labute approximate surface area is 126 Å². The van der Waals surface area contributed by atoms with Crippen molar-refractivity contribution < 1.29 is 4.39 Å². The minimum atomic E-state index is -0.269. The summed E-state index contributed by atoms with van der Waals surface area (Å²) in [5, 5.41) is 3.04. The molecule has 0 bridgehead atoms. The van der Waals surface area contributed by atoms with Crippen molar-refractivity contribution in [3.63, 3.8) is 0 Å². The quantitative estimate of drug-likeness (QED) is 0.901. The molecule has 0 aliphatic rings. The van der Waals surface area contributed by atoms with Crippen LogP contribution in [-0.4, -0.2) is 17.0 Å². The fourth-order valence-electron chi connectivity index (χ4n) is 2.06. The summed E-state index contributed by atoms with van der Waals surface area (Å²) >= 11 is 3.52. The average molecular weight is 338 g/mol. The van der Waals surface area contributed by atoms with Gasteiger partial charge in [-0.3, -0.25) is 0 Å². The van der Waals surface area contributed by atoms with Crippen LogP contribution in [0.2, 0.25) is 0 Å². The summed E-state index contributed by atoms with van der Waals surface area (Å²) in [6.45, 7) is 3.96. The lowest BCUT2D eigenvalue weighted by Gasteiger charge is -2.11. The van der Waals surface area contributed by atoms with Gasteiger partial charge in [0.1, 0.15) is 11.6 Å². The van der Waals surface area contributed by atoms with E-state index in [1.54, 1.807) is 0 Å². The van der Waals surface area contributed by atoms with Crippen LogP contribution in [0.25, 0.3) is 11.4 Å². The molecule has 0 radical (unpaired) electrons. The molecule has 1 aromatic carbocycles. The maximum Gasteiger partial charge on any atom is 0.161 e. The van der Waals surface area contributed by atoms with Gasteiger partial charge in [-0.25, -0.2) is 14.4 Å². The molecule has 1 aromatic heterocycles. The summed E-state index contributed by atoms with van der Waals surface area (Å²) in [5.74, 6) is 0.999. The van der Waals surface area contributed by atoms with Gasteiger partial charge in [-0.05, 0) is 53.0 Å². The van der Waals surface area contributed by atoms with Gasteiger partial charge in [-0.15, -0.1) is 0 Å². The molecular formula is C15H17BrFN3. The van der Waals surface area contributed by atoms with Crippen molar-refractivity contribution >= 4 is 21.7 Å². The second kappa shape index (κ2) is 6.31. The van der Waals surface area contributed by atoms with Gasteiger partial charge >= 0.3 is 0 Å². The molecule has 0 amide bonds. The van der Waals surface area contributed by atoms with Crippen LogP contribution in [0.3, 0.4) is 0 Å². The minimum Gasteiger partial charge on any atom is -0.372 e. The third-order valence-electron chi connectivity index (χ3n) is 2.94. The fraction of sp³-hybridized carbons (Fsp3) is 0.333. The Bertz CT molecular complexity index is 609. The lowest BCUT2D eigenvalue weighted by Crippen LogP contribution is -2.03. The molecule has 106 valence electrons. The minimum absolute atomic E-state index is 0.269. The third-order valence-corrected chi connectivity index (χ3v) is 3.78. The average Bonchev–Trinajstić information content (AvgIpc) is 2.40. The van der Waals surface area contributed by atoms with E-state index in [0.29, 0.717) is 11.4 Å². The molecular weight excluding hydrogens is 321 g/mol. The number of benzene rings is 1. The highest BCUT2D eigenvalue weighted by atomic mass is 79.9. The second-order valence-corrected chi connectivity index (χ2v) is 5.47. The summed E-state index contributed by atoms with van der Waals surface area (Å²) in [6, 6.07) is 4.85. The number of anilines is 1. The van der Waals surface area contributed by atoms with Crippen LogP contribution in [0, 0.1) is 12.7 Å². The van der Waals surface area contributed by atoms with Crippen LogP contribution in [0.5, 0.6) is 0 Å². The molecule has 0 aliphatic carbocycles. The summed E-state index contributed by atoms with van der Waals surface area (Å²) in [6.07, 6.45) is 1.83. The van der Waals surface area contributed by atoms with E-state index in [1.165, 1.54) is 12.1 Å². The number of hydrogen-bond donors (Lipinski definition) is 1. The van der Waals surface area contributed by atoms with Gasteiger partial charge in [0.05, 0.1) is 10.2 Å². The van der Waals surface area contributed by atoms with Crippen LogP contribution >= 0.6 is 15.9 Å². The summed E-state index contributed by atoms with van der Waals surface area (Å²) in [4.78, 5) is 9.01. The smallest absolute Gasteiger partial charge is 0.161 e. The van der Waals surface area contributed by atoms with Gasteiger partial charge in [-0.2, -0.15) is 0 Å². The van der Waals surface area contributed by atoms with E-state index in [-0.39, 0.29) is 5.82 Å². The summed E-state index contributed by atoms with van der Waals surface area (Å²) < 4.78 is 14.4. The van der Waals surface area contributed by atoms with Crippen molar-refractivity contribution in [2.24, 2.45) is 0 Å². The Hall–Kier alpha value is -1.49. The predicted octanol–water partition coefficient (Wildman–Crippen LogP) is 4.35. The van der Waals surface area contributed by atoms with Crippen LogP contribution in [-0.2, 0) is 6.42 Å². The molecule has 0 atom stereocenters. The lowest BCUT2D eigenvalue weighted by atomic mass is 10.1. The molecule has 0 saturated heterocycles. The molecule has 1 heterocycles. The Morgan fingerprint density at radius 1 is 1.25 bits per heavy atom. The maximum absolute atomic E-state index is 13.5. The van der Waals surface area contributed by atoms with Crippen LogP contribution in [0.15, 0.2) is 22.7 Å². The molecule has 3 nitrogen and oxygen atoms in total. The van der Waals surface area contributed by atoms with E-state index in [9.17, 15) is 4.39 Å². The first-order valence-corrected chi connectivity index (χ1v) is 7.36. The number of nitrogens with zero attached hydrogens (tertiary/aromatic N) is 2. The van der Waals surface area contributed by atoms with Crippen molar-refractivity contribution in [3.05, 3.63) is 39.7 Å². The van der Waals surface area contributed by atoms with Crippen LogP contribution < -0.4 is 5.32 Å². The molecule has 0 fully saturated rings. The zero-order valence-electron chi connectivity index (χ0n) is 11.8. The van der Waals surface area contributed by atoms with Crippen molar-refractivity contribution in [1.82, 2.24) is 9.97 Å². The van der Waals surface area contributed by atoms with Gasteiger partial charge in [-0.1, -0.05) is 13.3 Å². The monoisotopic (exact) mass is 337 g/mol. The lowest BCUT2D eigenvalue weighted by molar-refractivity contribution is 0.627. The Morgan fingerprint density at radius 2 is 2.00 bits per heavy atom. The number of aryl methyl sites for hydroxylation is 2. The van der Waals surface area contributed by atoms with Crippen LogP contribution in [0.1, 0.15) is 24.6 Å². The van der Waals surface area contributed by atoms with Gasteiger partial charge in [0.25, 0.3) is 0 Å². The predicted molar refractivity (Wildman–Crippen MR) is 83.4 cm³/mol. The van der Waals surface area contributed by atoms with Gasteiger partial charge in [0.2, 0.25) is 0 Å². The zero-order chi connectivity index (χ0) is 14.7. The highest BCUT2D eigenvalue weighted by Gasteiger charge is 2.13. The maximum atomic E-state index is 13.5. The Kier molecular flexibility index (Phi) is 4.70. The largest absolute Gasteiger partial charge is 0.372 e. The van der Waals surface area contributed by atoms with Gasteiger partial charge in [0.15, 0.2) is 5.82 Å². The van der Waals surface area contributed by atoms with E-state index in [4.69, 9.17) is 0 Å². The number of rotatable bonds is 4. The molecule has 20 heavy (non-hydrogen) atoms. The van der Waals surface area contributed by atoms with Crippen molar-refractivity contribution in [2.45, 2.75) is 26.7 Å². The first-order valence-electron chi connectivity index (χ1n) is 6.57. The van der Waals surface area contributed by atoms with E-state index in [0.717, 1.165) is 34.4 Å². The zero-order valence-corrected chi connectivity index (χ0v) is 13.4. The highest BCUT2D eigenvalue weighted by molar-refractivity contribution is 9.10. The molecule has 5 heteroatoms. The first kappa shape index (κ1) is 14.9. The Balaban J connectivity index is 2.58. The second-order valence-electron chi connectivity index (χ2n) is 4.67. The number of hydrogen-bond acceptors (Lipinski definition) is 3. The van der Waals surface area contributed by atoms with Crippen molar-refractivity contribution in [1.29, 1.82) is 0 Å². The first-order chi connectivity index (χ1) is 9.55. The molecule has 2 rings (SSSR count). The van der Waals surface area contributed by atoms with E-state index in [2.05, 4.69) is 38.1 Å². The topological polar surface area (TPSA) is 37.8 Å². The summed E-state index contributed by atoms with van der Waals surface area (Å²) in [7, 11) is 1.81. The highest BCUT2D eigenvalue weighted by Crippen LogP contribution is 2.28. The summed E-state index contributed by atoms with van der Waals surface area (Å²) in [5.41, 5.74) is 2.49. The number of aromatic nitrogens is 2. The molecule has 0 aliphatic heterocycles. The SMILES string of the molecule is CCCc1nc(-c2cc(C)cc(F)c2)nc(NC)c1Br. The van der Waals surface area contributed by atoms with Crippen LogP contribution in [0.4, 0.5) is 10.2 Å². The third kappa shape index (κ3) is 3.15. The number of halogens is 2. The molecule has 0 saturated carbocycles. The van der Waals surface area contributed by atoms with E-state index < -0.39 is 0 Å².